The molecule has 7 heteroatoms. The van der Waals surface area contributed by atoms with Gasteiger partial charge in [0.15, 0.2) is 9.84 Å². The maximum atomic E-state index is 11.7. The molecule has 2 N–H and O–H groups in total. The van der Waals surface area contributed by atoms with E-state index in [4.69, 9.17) is 5.73 Å². The number of rotatable bonds is 5. The van der Waals surface area contributed by atoms with E-state index in [1.54, 1.807) is 30.5 Å². The molecule has 2 aromatic carbocycles. The van der Waals surface area contributed by atoms with E-state index in [9.17, 15) is 13.2 Å². The second-order valence-electron chi connectivity index (χ2n) is 6.54. The zero-order chi connectivity index (χ0) is 19.6. The van der Waals surface area contributed by atoms with Crippen molar-refractivity contribution in [2.45, 2.75) is 18.2 Å². The van der Waals surface area contributed by atoms with E-state index >= 15 is 0 Å². The summed E-state index contributed by atoms with van der Waals surface area (Å²) in [5.41, 5.74) is 10.3. The third-order valence-electron chi connectivity index (χ3n) is 4.35. The van der Waals surface area contributed by atoms with Gasteiger partial charge in [0.1, 0.15) is 0 Å². The molecule has 3 rings (SSSR count). The highest BCUT2D eigenvalue weighted by Crippen LogP contribution is 2.23. The first-order valence-electron chi connectivity index (χ1n) is 8.39. The standard InChI is InChI=1S/C21H20N2O3S.ClH/c1-14-10-17(6-7-19(14)21(22)24)20-13-16(8-9-23-20)11-15-4-3-5-18(12-15)27(2,25)26;/h3-10,12-13H,11H2,1-2H3,(H2,22,24);1H. The summed E-state index contributed by atoms with van der Waals surface area (Å²) in [5, 5.41) is 0. The Kier molecular flexibility index (Phi) is 6.59. The molecule has 28 heavy (non-hydrogen) atoms. The fourth-order valence-electron chi connectivity index (χ4n) is 2.96. The maximum absolute atomic E-state index is 11.7. The molecule has 5 nitrogen and oxygen atoms in total. The number of nitrogens with two attached hydrogens (primary N) is 1. The zero-order valence-corrected chi connectivity index (χ0v) is 17.2. The lowest BCUT2D eigenvalue weighted by Crippen LogP contribution is -2.12. The number of primary amides is 1. The summed E-state index contributed by atoms with van der Waals surface area (Å²) >= 11 is 0. The minimum atomic E-state index is -3.23. The third kappa shape index (κ3) is 4.97. The fourth-order valence-corrected chi connectivity index (χ4v) is 3.65. The third-order valence-corrected chi connectivity index (χ3v) is 5.46. The molecule has 0 spiro atoms. The van der Waals surface area contributed by atoms with Gasteiger partial charge in [-0.3, -0.25) is 9.78 Å². The molecular formula is C21H21ClN2O3S. The molecule has 1 aromatic heterocycles. The van der Waals surface area contributed by atoms with Crippen molar-refractivity contribution in [2.75, 3.05) is 6.26 Å². The Balaban J connectivity index is 0.00000280. The number of benzene rings is 2. The summed E-state index contributed by atoms with van der Waals surface area (Å²) in [6.07, 6.45) is 3.52. The van der Waals surface area contributed by atoms with Crippen molar-refractivity contribution in [2.24, 2.45) is 5.73 Å². The van der Waals surface area contributed by atoms with Gasteiger partial charge in [-0.05, 0) is 66.4 Å². The largest absolute Gasteiger partial charge is 0.366 e. The summed E-state index contributed by atoms with van der Waals surface area (Å²) in [6, 6.07) is 16.2. The monoisotopic (exact) mass is 416 g/mol. The maximum Gasteiger partial charge on any atom is 0.248 e. The van der Waals surface area contributed by atoms with Gasteiger partial charge in [0, 0.05) is 23.6 Å². The van der Waals surface area contributed by atoms with Crippen LogP contribution < -0.4 is 5.73 Å². The minimum Gasteiger partial charge on any atom is -0.366 e. The lowest BCUT2D eigenvalue weighted by molar-refractivity contribution is 0.0999. The average molecular weight is 417 g/mol. The lowest BCUT2D eigenvalue weighted by atomic mass is 10.00. The Hall–Kier alpha value is -2.70. The number of aryl methyl sites for hydroxylation is 1. The van der Waals surface area contributed by atoms with Crippen molar-refractivity contribution in [3.63, 3.8) is 0 Å². The summed E-state index contributed by atoms with van der Waals surface area (Å²) in [6.45, 7) is 1.84. The number of hydrogen-bond donors (Lipinski definition) is 1. The molecule has 0 saturated heterocycles. The second kappa shape index (κ2) is 8.54. The SMILES string of the molecule is Cc1cc(-c2cc(Cc3cccc(S(C)(=O)=O)c3)ccn2)ccc1C(N)=O.Cl. The topological polar surface area (TPSA) is 90.1 Å². The van der Waals surface area contributed by atoms with Crippen LogP contribution in [0.5, 0.6) is 0 Å². The van der Waals surface area contributed by atoms with E-state index in [2.05, 4.69) is 4.98 Å². The highest BCUT2D eigenvalue weighted by molar-refractivity contribution is 7.90. The Bertz CT molecular complexity index is 1130. The number of hydrogen-bond acceptors (Lipinski definition) is 4. The van der Waals surface area contributed by atoms with Crippen LogP contribution in [0.3, 0.4) is 0 Å². The molecule has 0 aliphatic rings. The van der Waals surface area contributed by atoms with E-state index in [-0.39, 0.29) is 12.4 Å². The van der Waals surface area contributed by atoms with Crippen LogP contribution >= 0.6 is 12.4 Å². The highest BCUT2D eigenvalue weighted by atomic mass is 35.5. The smallest absolute Gasteiger partial charge is 0.248 e. The van der Waals surface area contributed by atoms with Gasteiger partial charge in [0.05, 0.1) is 10.6 Å². The number of halogens is 1. The molecule has 0 bridgehead atoms. The molecule has 0 fully saturated rings. The Morgan fingerprint density at radius 1 is 1.04 bits per heavy atom. The molecule has 0 aliphatic heterocycles. The van der Waals surface area contributed by atoms with E-state index in [0.717, 1.165) is 27.9 Å². The van der Waals surface area contributed by atoms with Crippen molar-refractivity contribution in [1.29, 1.82) is 0 Å². The number of sulfone groups is 1. The van der Waals surface area contributed by atoms with Crippen LogP contribution in [0.1, 0.15) is 27.0 Å². The van der Waals surface area contributed by atoms with Gasteiger partial charge in [-0.25, -0.2) is 8.42 Å². The van der Waals surface area contributed by atoms with Crippen LogP contribution in [0.2, 0.25) is 0 Å². The number of amides is 1. The Morgan fingerprint density at radius 2 is 1.75 bits per heavy atom. The lowest BCUT2D eigenvalue weighted by Gasteiger charge is -2.08. The number of aromatic nitrogens is 1. The summed E-state index contributed by atoms with van der Waals surface area (Å²) < 4.78 is 23.5. The van der Waals surface area contributed by atoms with Crippen molar-refractivity contribution in [3.8, 4) is 11.3 Å². The second-order valence-corrected chi connectivity index (χ2v) is 8.56. The van der Waals surface area contributed by atoms with Gasteiger partial charge < -0.3 is 5.73 Å². The van der Waals surface area contributed by atoms with Gasteiger partial charge in [-0.2, -0.15) is 0 Å². The molecule has 0 atom stereocenters. The minimum absolute atomic E-state index is 0. The van der Waals surface area contributed by atoms with Gasteiger partial charge in [-0.15, -0.1) is 12.4 Å². The number of carbonyl (C=O) groups excluding carboxylic acids is 1. The van der Waals surface area contributed by atoms with E-state index < -0.39 is 15.7 Å². The van der Waals surface area contributed by atoms with E-state index in [1.165, 1.54) is 6.26 Å². The molecule has 0 unspecified atom stereocenters. The van der Waals surface area contributed by atoms with Crippen molar-refractivity contribution in [3.05, 3.63) is 83.0 Å². The summed E-state index contributed by atoms with van der Waals surface area (Å²) in [7, 11) is -3.23. The number of nitrogens with zero attached hydrogens (tertiary/aromatic N) is 1. The van der Waals surface area contributed by atoms with Crippen LogP contribution in [-0.2, 0) is 16.3 Å². The van der Waals surface area contributed by atoms with Crippen LogP contribution in [0.4, 0.5) is 0 Å². The quantitative estimate of drug-likeness (QED) is 0.688. The van der Waals surface area contributed by atoms with Gasteiger partial charge in [-0.1, -0.05) is 18.2 Å². The molecule has 3 aromatic rings. The van der Waals surface area contributed by atoms with E-state index in [1.807, 2.05) is 37.3 Å². The van der Waals surface area contributed by atoms with Gasteiger partial charge >= 0.3 is 0 Å². The van der Waals surface area contributed by atoms with Crippen LogP contribution in [0.15, 0.2) is 65.7 Å². The zero-order valence-electron chi connectivity index (χ0n) is 15.5. The molecular weight excluding hydrogens is 396 g/mol. The first kappa shape index (κ1) is 21.6. The van der Waals surface area contributed by atoms with Crippen molar-refractivity contribution in [1.82, 2.24) is 4.98 Å². The predicted molar refractivity (Wildman–Crippen MR) is 113 cm³/mol. The Labute approximate surface area is 171 Å². The number of carbonyl (C=O) groups is 1. The first-order valence-corrected chi connectivity index (χ1v) is 10.3. The summed E-state index contributed by atoms with van der Waals surface area (Å²) in [5.74, 6) is -0.452. The summed E-state index contributed by atoms with van der Waals surface area (Å²) in [4.78, 5) is 16.1. The highest BCUT2D eigenvalue weighted by Gasteiger charge is 2.10. The molecule has 0 saturated carbocycles. The molecule has 0 radical (unpaired) electrons. The fraction of sp³-hybridized carbons (Fsp3) is 0.143. The average Bonchev–Trinajstić information content (AvgIpc) is 2.61. The van der Waals surface area contributed by atoms with E-state index in [0.29, 0.717) is 16.9 Å². The van der Waals surface area contributed by atoms with Crippen LogP contribution in [0.25, 0.3) is 11.3 Å². The molecule has 146 valence electrons. The normalized spacial score (nSPS) is 10.9. The Morgan fingerprint density at radius 3 is 2.39 bits per heavy atom. The van der Waals surface area contributed by atoms with Gasteiger partial charge in [0.25, 0.3) is 0 Å². The van der Waals surface area contributed by atoms with Crippen molar-refractivity contribution < 1.29 is 13.2 Å². The molecule has 1 heterocycles. The van der Waals surface area contributed by atoms with Crippen molar-refractivity contribution >= 4 is 28.2 Å². The molecule has 1 amide bonds. The number of pyridine rings is 1. The van der Waals surface area contributed by atoms with Crippen LogP contribution in [-0.4, -0.2) is 25.6 Å². The predicted octanol–water partition coefficient (Wildman–Crippen LogP) is 3.57. The van der Waals surface area contributed by atoms with Crippen LogP contribution in [0, 0.1) is 6.92 Å². The van der Waals surface area contributed by atoms with Gasteiger partial charge in [0.2, 0.25) is 5.91 Å². The molecule has 0 aliphatic carbocycles. The first-order chi connectivity index (χ1) is 12.7.